The van der Waals surface area contributed by atoms with Crippen molar-refractivity contribution in [2.45, 2.75) is 32.0 Å². The first-order chi connectivity index (χ1) is 12.0. The van der Waals surface area contributed by atoms with E-state index in [-0.39, 0.29) is 5.92 Å². The van der Waals surface area contributed by atoms with Gasteiger partial charge in [0.15, 0.2) is 0 Å². The third-order valence-electron chi connectivity index (χ3n) is 3.94. The first-order valence-corrected chi connectivity index (χ1v) is 8.08. The van der Waals surface area contributed by atoms with Gasteiger partial charge in [-0.1, -0.05) is 44.2 Å². The van der Waals surface area contributed by atoms with E-state index in [0.29, 0.717) is 16.9 Å². The molecule has 1 aliphatic rings. The summed E-state index contributed by atoms with van der Waals surface area (Å²) in [5.41, 5.74) is -0.776. The zero-order chi connectivity index (χ0) is 19.5. The summed E-state index contributed by atoms with van der Waals surface area (Å²) in [4.78, 5) is 37.6. The zero-order valence-corrected chi connectivity index (χ0v) is 14.4. The van der Waals surface area contributed by atoms with Gasteiger partial charge in [-0.05, 0) is 17.9 Å². The highest BCUT2D eigenvalue weighted by Gasteiger charge is 2.52. The fourth-order valence-electron chi connectivity index (χ4n) is 2.95. The van der Waals surface area contributed by atoms with Crippen LogP contribution in [0.2, 0.25) is 0 Å². The zero-order valence-electron chi connectivity index (χ0n) is 14.4. The second kappa shape index (κ2) is 7.35. The molecule has 0 aliphatic carbocycles. The molecule has 1 aromatic carbocycles. The lowest BCUT2D eigenvalue weighted by molar-refractivity contribution is -0.141. The Balaban J connectivity index is 2.23. The number of hydrogen-bond donors (Lipinski definition) is 2. The molecule has 142 valence electrons. The third-order valence-corrected chi connectivity index (χ3v) is 3.94. The largest absolute Gasteiger partial charge is 0.405 e. The van der Waals surface area contributed by atoms with E-state index in [1.165, 1.54) is 0 Å². The van der Waals surface area contributed by atoms with Crippen LogP contribution >= 0.6 is 0 Å². The number of hydrogen-bond acceptors (Lipinski definition) is 3. The predicted molar refractivity (Wildman–Crippen MR) is 86.9 cm³/mol. The summed E-state index contributed by atoms with van der Waals surface area (Å²) in [6.07, 6.45) is -4.28. The van der Waals surface area contributed by atoms with Gasteiger partial charge in [-0.2, -0.15) is 13.2 Å². The van der Waals surface area contributed by atoms with E-state index in [1.54, 1.807) is 35.6 Å². The first kappa shape index (κ1) is 19.7. The first-order valence-electron chi connectivity index (χ1n) is 8.08. The minimum Gasteiger partial charge on any atom is -0.345 e. The van der Waals surface area contributed by atoms with Crippen molar-refractivity contribution in [3.63, 3.8) is 0 Å². The number of nitrogens with one attached hydrogen (secondary N) is 2. The van der Waals surface area contributed by atoms with E-state index < -0.39 is 42.7 Å². The SMILES string of the molecule is CC(C)CC1(c2ccccc2)NC(=O)N(CC(=O)NCC(F)(F)F)C1=O. The smallest absolute Gasteiger partial charge is 0.345 e. The topological polar surface area (TPSA) is 78.5 Å². The van der Waals surface area contributed by atoms with E-state index in [4.69, 9.17) is 0 Å². The Morgan fingerprint density at radius 3 is 2.38 bits per heavy atom. The summed E-state index contributed by atoms with van der Waals surface area (Å²) in [7, 11) is 0. The van der Waals surface area contributed by atoms with Crippen molar-refractivity contribution in [2.24, 2.45) is 5.92 Å². The van der Waals surface area contributed by atoms with E-state index in [2.05, 4.69) is 5.32 Å². The van der Waals surface area contributed by atoms with E-state index in [1.807, 2.05) is 13.8 Å². The van der Waals surface area contributed by atoms with Crippen LogP contribution in [-0.2, 0) is 15.1 Å². The molecule has 2 rings (SSSR count). The fraction of sp³-hybridized carbons (Fsp3) is 0.471. The molecule has 0 bridgehead atoms. The number of carbonyl (C=O) groups is 3. The number of amides is 4. The summed E-state index contributed by atoms with van der Waals surface area (Å²) in [6, 6.07) is 7.77. The van der Waals surface area contributed by atoms with Crippen molar-refractivity contribution in [3.8, 4) is 0 Å². The summed E-state index contributed by atoms with van der Waals surface area (Å²) in [6.45, 7) is 1.46. The number of halogens is 3. The number of nitrogens with zero attached hydrogens (tertiary/aromatic N) is 1. The summed E-state index contributed by atoms with van der Waals surface area (Å²) in [5, 5.41) is 4.29. The van der Waals surface area contributed by atoms with Crippen LogP contribution in [0.5, 0.6) is 0 Å². The second-order valence-electron chi connectivity index (χ2n) is 6.58. The molecule has 9 heteroatoms. The molecule has 4 amide bonds. The van der Waals surface area contributed by atoms with Crippen molar-refractivity contribution in [2.75, 3.05) is 13.1 Å². The summed E-state index contributed by atoms with van der Waals surface area (Å²) < 4.78 is 36.6. The van der Waals surface area contributed by atoms with Crippen LogP contribution in [0.3, 0.4) is 0 Å². The van der Waals surface area contributed by atoms with Gasteiger partial charge in [0.2, 0.25) is 5.91 Å². The van der Waals surface area contributed by atoms with Gasteiger partial charge in [-0.3, -0.25) is 14.5 Å². The van der Waals surface area contributed by atoms with Crippen LogP contribution in [-0.4, -0.2) is 42.0 Å². The molecule has 0 aromatic heterocycles. The van der Waals surface area contributed by atoms with Gasteiger partial charge in [0.05, 0.1) is 0 Å². The molecular formula is C17H20F3N3O3. The molecule has 1 aliphatic heterocycles. The average Bonchev–Trinajstić information content (AvgIpc) is 2.78. The van der Waals surface area contributed by atoms with Crippen LogP contribution in [0.15, 0.2) is 30.3 Å². The van der Waals surface area contributed by atoms with Crippen molar-refractivity contribution in [3.05, 3.63) is 35.9 Å². The number of alkyl halides is 3. The van der Waals surface area contributed by atoms with Crippen LogP contribution in [0, 0.1) is 5.92 Å². The Hall–Kier alpha value is -2.58. The summed E-state index contributed by atoms with van der Waals surface area (Å²) >= 11 is 0. The molecule has 0 radical (unpaired) electrons. The quantitative estimate of drug-likeness (QED) is 0.753. The lowest BCUT2D eigenvalue weighted by atomic mass is 9.82. The third kappa shape index (κ3) is 4.33. The number of benzene rings is 1. The maximum absolute atomic E-state index is 13.0. The molecule has 1 aromatic rings. The fourth-order valence-corrected chi connectivity index (χ4v) is 2.95. The Kier molecular flexibility index (Phi) is 5.58. The molecule has 1 heterocycles. The van der Waals surface area contributed by atoms with Crippen LogP contribution < -0.4 is 10.6 Å². The van der Waals surface area contributed by atoms with E-state index in [9.17, 15) is 27.6 Å². The number of rotatable bonds is 6. The minimum absolute atomic E-state index is 0.0402. The van der Waals surface area contributed by atoms with Gasteiger partial charge >= 0.3 is 12.2 Å². The Morgan fingerprint density at radius 2 is 1.85 bits per heavy atom. The highest BCUT2D eigenvalue weighted by Crippen LogP contribution is 2.35. The molecule has 2 N–H and O–H groups in total. The number of urea groups is 1. The van der Waals surface area contributed by atoms with Crippen molar-refractivity contribution >= 4 is 17.8 Å². The molecule has 0 spiro atoms. The Labute approximate surface area is 148 Å². The monoisotopic (exact) mass is 371 g/mol. The lowest BCUT2D eigenvalue weighted by Gasteiger charge is -2.29. The van der Waals surface area contributed by atoms with Gasteiger partial charge in [-0.25, -0.2) is 4.79 Å². The van der Waals surface area contributed by atoms with E-state index >= 15 is 0 Å². The van der Waals surface area contributed by atoms with Crippen LogP contribution in [0.25, 0.3) is 0 Å². The molecule has 1 saturated heterocycles. The average molecular weight is 371 g/mol. The normalized spacial score (nSPS) is 20.5. The second-order valence-corrected chi connectivity index (χ2v) is 6.58. The lowest BCUT2D eigenvalue weighted by Crippen LogP contribution is -2.46. The van der Waals surface area contributed by atoms with Gasteiger partial charge in [0, 0.05) is 0 Å². The summed E-state index contributed by atoms with van der Waals surface area (Å²) in [5.74, 6) is -1.66. The van der Waals surface area contributed by atoms with Crippen molar-refractivity contribution < 1.29 is 27.6 Å². The van der Waals surface area contributed by atoms with Crippen LogP contribution in [0.4, 0.5) is 18.0 Å². The van der Waals surface area contributed by atoms with Gasteiger partial charge in [0.25, 0.3) is 5.91 Å². The molecule has 26 heavy (non-hydrogen) atoms. The molecule has 6 nitrogen and oxygen atoms in total. The minimum atomic E-state index is -4.57. The highest BCUT2D eigenvalue weighted by atomic mass is 19.4. The van der Waals surface area contributed by atoms with Crippen molar-refractivity contribution in [1.29, 1.82) is 0 Å². The Morgan fingerprint density at radius 1 is 1.23 bits per heavy atom. The van der Waals surface area contributed by atoms with Gasteiger partial charge in [0.1, 0.15) is 18.6 Å². The molecule has 1 fully saturated rings. The van der Waals surface area contributed by atoms with Gasteiger partial charge in [-0.15, -0.1) is 0 Å². The molecule has 0 saturated carbocycles. The molecular weight excluding hydrogens is 351 g/mol. The molecule has 1 unspecified atom stereocenters. The predicted octanol–water partition coefficient (Wildman–Crippen LogP) is 2.16. The van der Waals surface area contributed by atoms with Gasteiger partial charge < -0.3 is 10.6 Å². The van der Waals surface area contributed by atoms with Crippen molar-refractivity contribution in [1.82, 2.24) is 15.5 Å². The Bertz CT molecular complexity index is 691. The maximum Gasteiger partial charge on any atom is 0.405 e. The number of carbonyl (C=O) groups excluding carboxylic acids is 3. The standard InChI is InChI=1S/C17H20F3N3O3/c1-11(2)8-16(12-6-4-3-5-7-12)14(25)23(15(26)22-16)9-13(24)21-10-17(18,19)20/h3-7,11H,8-10H2,1-2H3,(H,21,24)(H,22,26). The number of imide groups is 1. The van der Waals surface area contributed by atoms with E-state index in [0.717, 1.165) is 0 Å². The van der Waals surface area contributed by atoms with Crippen LogP contribution in [0.1, 0.15) is 25.8 Å². The molecule has 1 atom stereocenters. The maximum atomic E-state index is 13.0. The highest BCUT2D eigenvalue weighted by molar-refractivity contribution is 6.09.